The lowest BCUT2D eigenvalue weighted by Gasteiger charge is -2.35. The predicted molar refractivity (Wildman–Crippen MR) is 118 cm³/mol. The second-order valence-corrected chi connectivity index (χ2v) is 8.97. The molecule has 12 heteroatoms. The topological polar surface area (TPSA) is 67.9 Å². The van der Waals surface area contributed by atoms with Gasteiger partial charge in [0.15, 0.2) is 6.61 Å². The summed E-state index contributed by atoms with van der Waals surface area (Å²) in [6, 6.07) is 7.16. The van der Waals surface area contributed by atoms with Crippen LogP contribution in [-0.4, -0.2) is 48.6 Å². The van der Waals surface area contributed by atoms with Gasteiger partial charge in [0.25, 0.3) is 11.8 Å². The van der Waals surface area contributed by atoms with Crippen molar-refractivity contribution in [2.24, 2.45) is 0 Å². The predicted octanol–water partition coefficient (Wildman–Crippen LogP) is 4.35. The molecule has 2 aliphatic rings. The molecule has 0 spiro atoms. The number of carbonyl (C=O) groups excluding carboxylic acids is 2. The van der Waals surface area contributed by atoms with Crippen LogP contribution in [-0.2, 0) is 39.6 Å². The summed E-state index contributed by atoms with van der Waals surface area (Å²) >= 11 is 0. The Morgan fingerprint density at radius 3 is 2.24 bits per heavy atom. The molecule has 0 unspecified atom stereocenters. The van der Waals surface area contributed by atoms with Gasteiger partial charge in [-0.25, -0.2) is 0 Å². The number of benzene rings is 2. The number of ether oxygens (including phenoxy) is 2. The van der Waals surface area contributed by atoms with Gasteiger partial charge in [-0.3, -0.25) is 9.59 Å². The van der Waals surface area contributed by atoms with E-state index in [9.17, 15) is 35.9 Å². The molecular weight excluding hydrogens is 506 g/mol. The van der Waals surface area contributed by atoms with Crippen LogP contribution in [0.4, 0.5) is 26.3 Å². The van der Waals surface area contributed by atoms with Gasteiger partial charge in [-0.1, -0.05) is 6.07 Å². The fourth-order valence-corrected chi connectivity index (χ4v) is 4.34. The van der Waals surface area contributed by atoms with Crippen LogP contribution in [0.2, 0.25) is 0 Å². The molecule has 4 rings (SSSR count). The zero-order valence-electron chi connectivity index (χ0n) is 19.5. The van der Waals surface area contributed by atoms with Crippen molar-refractivity contribution in [2.45, 2.75) is 50.3 Å². The van der Waals surface area contributed by atoms with Crippen LogP contribution in [0.5, 0.6) is 5.75 Å². The van der Waals surface area contributed by atoms with Gasteiger partial charge < -0.3 is 19.7 Å². The van der Waals surface area contributed by atoms with Crippen LogP contribution in [0.1, 0.15) is 35.1 Å². The van der Waals surface area contributed by atoms with Gasteiger partial charge >= 0.3 is 12.4 Å². The van der Waals surface area contributed by atoms with Gasteiger partial charge in [0.2, 0.25) is 0 Å². The SMILES string of the molecule is O=C(COc1ccc(C(F)(F)F)cc1)N[C@@H]1CC[C@@H](C(=O)N2CCc3cc(C(F)(F)F)ccc3C2)OC1. The molecule has 1 N–H and O–H groups in total. The number of halogens is 6. The van der Waals surface area contributed by atoms with E-state index in [0.29, 0.717) is 30.4 Å². The second kappa shape index (κ2) is 10.6. The normalized spacial score (nSPS) is 20.2. The summed E-state index contributed by atoms with van der Waals surface area (Å²) in [7, 11) is 0. The highest BCUT2D eigenvalue weighted by Gasteiger charge is 2.35. The first-order chi connectivity index (χ1) is 17.4. The van der Waals surface area contributed by atoms with Gasteiger partial charge in [-0.15, -0.1) is 0 Å². The van der Waals surface area contributed by atoms with Crippen molar-refractivity contribution in [1.29, 1.82) is 0 Å². The maximum absolute atomic E-state index is 12.9. The Balaban J connectivity index is 1.21. The Morgan fingerprint density at radius 1 is 0.946 bits per heavy atom. The number of hydrogen-bond acceptors (Lipinski definition) is 4. The van der Waals surface area contributed by atoms with Crippen molar-refractivity contribution >= 4 is 11.8 Å². The molecule has 2 heterocycles. The monoisotopic (exact) mass is 530 g/mol. The highest BCUT2D eigenvalue weighted by Crippen LogP contribution is 2.33. The lowest BCUT2D eigenvalue weighted by molar-refractivity contribution is -0.149. The fourth-order valence-electron chi connectivity index (χ4n) is 4.34. The number of amides is 2. The summed E-state index contributed by atoms with van der Waals surface area (Å²) in [5, 5.41) is 2.71. The van der Waals surface area contributed by atoms with Gasteiger partial charge in [-0.2, -0.15) is 26.3 Å². The molecule has 6 nitrogen and oxygen atoms in total. The minimum atomic E-state index is -4.46. The highest BCUT2D eigenvalue weighted by atomic mass is 19.4. The van der Waals surface area contributed by atoms with Crippen LogP contribution >= 0.6 is 0 Å². The number of rotatable bonds is 5. The lowest BCUT2D eigenvalue weighted by atomic mass is 9.96. The average molecular weight is 530 g/mol. The summed E-state index contributed by atoms with van der Waals surface area (Å²) in [6.07, 6.45) is -8.47. The van der Waals surface area contributed by atoms with Crippen molar-refractivity contribution in [2.75, 3.05) is 19.8 Å². The summed E-state index contributed by atoms with van der Waals surface area (Å²) in [5.74, 6) is -0.614. The zero-order chi connectivity index (χ0) is 26.8. The van der Waals surface area contributed by atoms with Crippen LogP contribution in [0.25, 0.3) is 0 Å². The van der Waals surface area contributed by atoms with Crippen molar-refractivity contribution in [1.82, 2.24) is 10.2 Å². The largest absolute Gasteiger partial charge is 0.484 e. The molecule has 2 aromatic carbocycles. The molecular formula is C25H24F6N2O4. The van der Waals surface area contributed by atoms with Gasteiger partial charge in [0.05, 0.1) is 23.8 Å². The molecule has 2 aliphatic heterocycles. The number of nitrogens with one attached hydrogen (secondary N) is 1. The van der Waals surface area contributed by atoms with Crippen LogP contribution < -0.4 is 10.1 Å². The van der Waals surface area contributed by atoms with Crippen molar-refractivity contribution in [3.63, 3.8) is 0 Å². The lowest BCUT2D eigenvalue weighted by Crippen LogP contribution is -2.49. The molecule has 37 heavy (non-hydrogen) atoms. The molecule has 200 valence electrons. The van der Waals surface area contributed by atoms with E-state index in [-0.39, 0.29) is 37.4 Å². The molecule has 2 atom stereocenters. The van der Waals surface area contributed by atoms with Gasteiger partial charge in [-0.05, 0) is 66.8 Å². The van der Waals surface area contributed by atoms with Gasteiger partial charge in [0.1, 0.15) is 11.9 Å². The summed E-state index contributed by atoms with van der Waals surface area (Å²) in [5.41, 5.74) is -0.289. The Labute approximate surface area is 208 Å². The van der Waals surface area contributed by atoms with E-state index in [0.717, 1.165) is 36.4 Å². The van der Waals surface area contributed by atoms with Gasteiger partial charge in [0, 0.05) is 13.1 Å². The van der Waals surface area contributed by atoms with E-state index < -0.39 is 42.1 Å². The van der Waals surface area contributed by atoms with Crippen LogP contribution in [0, 0.1) is 0 Å². The molecule has 0 bridgehead atoms. The molecule has 0 aliphatic carbocycles. The highest BCUT2D eigenvalue weighted by molar-refractivity contribution is 5.81. The molecule has 2 aromatic rings. The minimum Gasteiger partial charge on any atom is -0.484 e. The van der Waals surface area contributed by atoms with Crippen LogP contribution in [0.3, 0.4) is 0 Å². The van der Waals surface area contributed by atoms with E-state index in [2.05, 4.69) is 5.32 Å². The quantitative estimate of drug-likeness (QED) is 0.584. The van der Waals surface area contributed by atoms with E-state index in [4.69, 9.17) is 9.47 Å². The van der Waals surface area contributed by atoms with Crippen molar-refractivity contribution < 1.29 is 45.4 Å². The Hall–Kier alpha value is -3.28. The zero-order valence-corrected chi connectivity index (χ0v) is 19.5. The van der Waals surface area contributed by atoms with E-state index in [1.165, 1.54) is 6.07 Å². The van der Waals surface area contributed by atoms with Crippen LogP contribution in [0.15, 0.2) is 42.5 Å². The first-order valence-corrected chi connectivity index (χ1v) is 11.6. The number of nitrogens with zero attached hydrogens (tertiary/aromatic N) is 1. The smallest absolute Gasteiger partial charge is 0.416 e. The Bertz CT molecular complexity index is 1130. The van der Waals surface area contributed by atoms with E-state index in [1.54, 1.807) is 4.90 Å². The number of fused-ring (bicyclic) bond motifs is 1. The average Bonchev–Trinajstić information content (AvgIpc) is 2.86. The maximum atomic E-state index is 12.9. The van der Waals surface area contributed by atoms with E-state index in [1.807, 2.05) is 0 Å². The number of hydrogen-bond donors (Lipinski definition) is 1. The summed E-state index contributed by atoms with van der Waals surface area (Å²) < 4.78 is 87.5. The molecule has 1 saturated heterocycles. The molecule has 0 saturated carbocycles. The molecule has 0 radical (unpaired) electrons. The van der Waals surface area contributed by atoms with E-state index >= 15 is 0 Å². The number of alkyl halides is 6. The number of carbonyl (C=O) groups is 2. The first kappa shape index (κ1) is 26.8. The maximum Gasteiger partial charge on any atom is 0.416 e. The first-order valence-electron chi connectivity index (χ1n) is 11.6. The third kappa shape index (κ3) is 6.73. The summed E-state index contributed by atoms with van der Waals surface area (Å²) in [4.78, 5) is 26.6. The molecule has 0 aromatic heterocycles. The third-order valence-corrected chi connectivity index (χ3v) is 6.33. The Morgan fingerprint density at radius 2 is 1.62 bits per heavy atom. The van der Waals surface area contributed by atoms with Crippen molar-refractivity contribution in [3.05, 3.63) is 64.7 Å². The molecule has 1 fully saturated rings. The second-order valence-electron chi connectivity index (χ2n) is 8.97. The standard InChI is InChI=1S/C25H24F6N2O4/c26-24(27,28)17-3-6-20(7-4-17)36-14-22(34)32-19-5-8-21(37-13-19)23(35)33-10-9-15-11-18(25(29,30)31)2-1-16(15)12-33/h1-4,6-7,11,19,21H,5,8-10,12-14H2,(H,32,34)/t19-,21+/m1/s1. The summed E-state index contributed by atoms with van der Waals surface area (Å²) in [6.45, 7) is 0.178. The van der Waals surface area contributed by atoms with Crippen molar-refractivity contribution in [3.8, 4) is 5.75 Å². The third-order valence-electron chi connectivity index (χ3n) is 6.33. The minimum absolute atomic E-state index is 0.0851. The molecule has 2 amide bonds. The Kier molecular flexibility index (Phi) is 7.67. The fraction of sp³-hybridized carbons (Fsp3) is 0.440.